The molecular weight excluding hydrogens is 458 g/mol. The smallest absolute Gasteiger partial charge is 0.231 e. The zero-order valence-electron chi connectivity index (χ0n) is 19.8. The Kier molecular flexibility index (Phi) is 5.98. The largest absolute Gasteiger partial charge is 0.454 e. The van der Waals surface area contributed by atoms with E-state index in [4.69, 9.17) is 19.4 Å². The predicted octanol–water partition coefficient (Wildman–Crippen LogP) is 3.40. The third-order valence-corrected chi connectivity index (χ3v) is 6.44. The lowest BCUT2D eigenvalue weighted by Crippen LogP contribution is -2.28. The van der Waals surface area contributed by atoms with Crippen LogP contribution in [0.25, 0.3) is 11.2 Å². The number of aromatic nitrogens is 4. The molecule has 4 aromatic rings. The van der Waals surface area contributed by atoms with Crippen molar-refractivity contribution in [3.63, 3.8) is 0 Å². The minimum atomic E-state index is 0.213. The van der Waals surface area contributed by atoms with Gasteiger partial charge in [0, 0.05) is 39.1 Å². The van der Waals surface area contributed by atoms with Gasteiger partial charge in [-0.25, -0.2) is 4.98 Å². The van der Waals surface area contributed by atoms with Crippen LogP contribution in [0.1, 0.15) is 24.0 Å². The van der Waals surface area contributed by atoms with Gasteiger partial charge < -0.3 is 29.6 Å². The monoisotopic (exact) mass is 485 g/mol. The summed E-state index contributed by atoms with van der Waals surface area (Å²) >= 11 is 0. The van der Waals surface area contributed by atoms with Gasteiger partial charge in [-0.3, -0.25) is 4.79 Å². The number of imidazole rings is 1. The average molecular weight is 486 g/mol. The van der Waals surface area contributed by atoms with Gasteiger partial charge in [0.1, 0.15) is 0 Å². The van der Waals surface area contributed by atoms with E-state index in [1.54, 1.807) is 6.33 Å². The van der Waals surface area contributed by atoms with Gasteiger partial charge in [0.15, 0.2) is 28.5 Å². The Morgan fingerprint density at radius 1 is 0.917 bits per heavy atom. The maximum Gasteiger partial charge on any atom is 0.231 e. The molecule has 2 aromatic carbocycles. The highest BCUT2D eigenvalue weighted by Crippen LogP contribution is 2.32. The van der Waals surface area contributed by atoms with E-state index in [2.05, 4.69) is 27.8 Å². The first kappa shape index (κ1) is 22.1. The molecule has 0 spiro atoms. The maximum atomic E-state index is 12.1. The Balaban J connectivity index is 1.25. The van der Waals surface area contributed by atoms with Gasteiger partial charge in [0.2, 0.25) is 18.6 Å². The van der Waals surface area contributed by atoms with Crippen molar-refractivity contribution in [2.24, 2.45) is 0 Å². The number of carbonyl (C=O) groups is 1. The van der Waals surface area contributed by atoms with Crippen molar-refractivity contribution in [2.75, 3.05) is 30.5 Å². The molecular formula is C26H27N7O3. The summed E-state index contributed by atoms with van der Waals surface area (Å²) in [6.45, 7) is 3.46. The van der Waals surface area contributed by atoms with Crippen molar-refractivity contribution in [1.82, 2.24) is 24.4 Å². The Hall–Kier alpha value is -4.34. The van der Waals surface area contributed by atoms with Crippen molar-refractivity contribution in [3.8, 4) is 11.5 Å². The molecule has 4 heterocycles. The lowest BCUT2D eigenvalue weighted by Gasteiger charge is -2.16. The average Bonchev–Trinajstić information content (AvgIpc) is 3.65. The molecule has 36 heavy (non-hydrogen) atoms. The highest BCUT2D eigenvalue weighted by molar-refractivity contribution is 5.84. The Morgan fingerprint density at radius 3 is 2.64 bits per heavy atom. The van der Waals surface area contributed by atoms with Gasteiger partial charge in [-0.05, 0) is 29.7 Å². The lowest BCUT2D eigenvalue weighted by molar-refractivity contribution is -0.127. The van der Waals surface area contributed by atoms with Crippen LogP contribution in [-0.2, 0) is 24.4 Å². The molecule has 1 saturated heterocycles. The molecule has 2 aromatic heterocycles. The number of fused-ring (bicyclic) bond motifs is 2. The summed E-state index contributed by atoms with van der Waals surface area (Å²) < 4.78 is 12.9. The zero-order valence-corrected chi connectivity index (χ0v) is 19.8. The molecule has 1 amide bonds. The number of amides is 1. The molecule has 0 saturated carbocycles. The number of nitrogens with one attached hydrogen (secondary N) is 2. The third-order valence-electron chi connectivity index (χ3n) is 6.44. The highest BCUT2D eigenvalue weighted by Gasteiger charge is 2.21. The molecule has 0 radical (unpaired) electrons. The van der Waals surface area contributed by atoms with E-state index >= 15 is 0 Å². The van der Waals surface area contributed by atoms with Crippen LogP contribution in [0.15, 0.2) is 54.9 Å². The van der Waals surface area contributed by atoms with Gasteiger partial charge in [0.05, 0.1) is 6.33 Å². The summed E-state index contributed by atoms with van der Waals surface area (Å²) in [6.07, 6.45) is 3.33. The molecule has 10 nitrogen and oxygen atoms in total. The Labute approximate surface area is 208 Å². The summed E-state index contributed by atoms with van der Waals surface area (Å²) in [4.78, 5) is 28.1. The molecule has 0 bridgehead atoms. The van der Waals surface area contributed by atoms with Crippen LogP contribution in [0.4, 0.5) is 11.8 Å². The van der Waals surface area contributed by atoms with Crippen LogP contribution in [0, 0.1) is 0 Å². The molecule has 0 unspecified atom stereocenters. The van der Waals surface area contributed by atoms with E-state index in [9.17, 15) is 4.79 Å². The fraction of sp³-hybridized carbons (Fsp3) is 0.308. The molecule has 10 heteroatoms. The molecule has 1 fully saturated rings. The first-order valence-electron chi connectivity index (χ1n) is 12.1. The Bertz CT molecular complexity index is 1390. The number of rotatable bonds is 9. The topological polar surface area (TPSA) is 106 Å². The minimum absolute atomic E-state index is 0.213. The van der Waals surface area contributed by atoms with Crippen molar-refractivity contribution in [2.45, 2.75) is 32.5 Å². The number of nitrogens with zero attached hydrogens (tertiary/aromatic N) is 5. The maximum absolute atomic E-state index is 12.1. The van der Waals surface area contributed by atoms with E-state index < -0.39 is 0 Å². The second-order valence-electron chi connectivity index (χ2n) is 8.87. The normalized spacial score (nSPS) is 14.6. The van der Waals surface area contributed by atoms with Crippen molar-refractivity contribution in [3.05, 3.63) is 66.0 Å². The van der Waals surface area contributed by atoms with Gasteiger partial charge >= 0.3 is 0 Å². The number of benzene rings is 2. The number of ether oxygens (including phenoxy) is 2. The van der Waals surface area contributed by atoms with Crippen molar-refractivity contribution >= 4 is 28.8 Å². The number of anilines is 2. The summed E-state index contributed by atoms with van der Waals surface area (Å²) in [5, 5.41) is 6.77. The quantitative estimate of drug-likeness (QED) is 0.372. The molecule has 2 aliphatic rings. The molecule has 2 N–H and O–H groups in total. The van der Waals surface area contributed by atoms with Gasteiger partial charge in [-0.1, -0.05) is 36.4 Å². The standard InChI is InChI=1S/C26H27N7O3/c34-22-7-4-10-32(22)11-12-33-16-29-23-24(27-14-18-5-2-1-3-6-18)30-26(31-25(23)33)28-15-19-8-9-20-21(13-19)36-17-35-20/h1-3,5-6,8-9,13,16H,4,7,10-12,14-15,17H2,(H2,27,28,30,31). The second-order valence-corrected chi connectivity index (χ2v) is 8.87. The zero-order chi connectivity index (χ0) is 24.3. The molecule has 0 aliphatic carbocycles. The predicted molar refractivity (Wildman–Crippen MR) is 135 cm³/mol. The second kappa shape index (κ2) is 9.73. The minimum Gasteiger partial charge on any atom is -0.454 e. The van der Waals surface area contributed by atoms with E-state index in [1.165, 1.54) is 0 Å². The van der Waals surface area contributed by atoms with Gasteiger partial charge in [-0.2, -0.15) is 9.97 Å². The third kappa shape index (κ3) is 4.61. The number of hydrogen-bond donors (Lipinski definition) is 2. The van der Waals surface area contributed by atoms with E-state index in [-0.39, 0.29) is 12.7 Å². The van der Waals surface area contributed by atoms with Crippen LogP contribution in [-0.4, -0.2) is 50.2 Å². The van der Waals surface area contributed by atoms with Crippen LogP contribution in [0.2, 0.25) is 0 Å². The van der Waals surface area contributed by atoms with Gasteiger partial charge in [-0.15, -0.1) is 0 Å². The number of hydrogen-bond acceptors (Lipinski definition) is 8. The first-order valence-corrected chi connectivity index (χ1v) is 12.1. The van der Waals surface area contributed by atoms with E-state index in [0.717, 1.165) is 41.2 Å². The number of carbonyl (C=O) groups excluding carboxylic acids is 1. The van der Waals surface area contributed by atoms with Crippen LogP contribution in [0.3, 0.4) is 0 Å². The summed E-state index contributed by atoms with van der Waals surface area (Å²) in [7, 11) is 0. The van der Waals surface area contributed by atoms with Crippen molar-refractivity contribution in [1.29, 1.82) is 0 Å². The lowest BCUT2D eigenvalue weighted by atomic mass is 10.2. The first-order chi connectivity index (χ1) is 17.7. The summed E-state index contributed by atoms with van der Waals surface area (Å²) in [5.74, 6) is 2.86. The fourth-order valence-electron chi connectivity index (χ4n) is 4.49. The molecule has 184 valence electrons. The van der Waals surface area contributed by atoms with E-state index in [1.807, 2.05) is 45.9 Å². The number of likely N-dealkylation sites (tertiary alicyclic amines) is 1. The van der Waals surface area contributed by atoms with E-state index in [0.29, 0.717) is 49.9 Å². The molecule has 0 atom stereocenters. The highest BCUT2D eigenvalue weighted by atomic mass is 16.7. The van der Waals surface area contributed by atoms with Gasteiger partial charge in [0.25, 0.3) is 0 Å². The van der Waals surface area contributed by atoms with Crippen LogP contribution >= 0.6 is 0 Å². The van der Waals surface area contributed by atoms with Crippen LogP contribution in [0.5, 0.6) is 11.5 Å². The summed E-state index contributed by atoms with van der Waals surface area (Å²) in [5.41, 5.74) is 3.60. The summed E-state index contributed by atoms with van der Waals surface area (Å²) in [6, 6.07) is 16.0. The molecule has 6 rings (SSSR count). The van der Waals surface area contributed by atoms with Crippen LogP contribution < -0.4 is 20.1 Å². The SMILES string of the molecule is O=C1CCCN1CCn1cnc2c(NCc3ccccc3)nc(NCc3ccc4c(c3)OCO4)nc21. The Morgan fingerprint density at radius 2 is 1.78 bits per heavy atom. The van der Waals surface area contributed by atoms with Crippen molar-refractivity contribution < 1.29 is 14.3 Å². The fourth-order valence-corrected chi connectivity index (χ4v) is 4.49. The molecule has 2 aliphatic heterocycles.